The highest BCUT2D eigenvalue weighted by Crippen LogP contribution is 2.47. The van der Waals surface area contributed by atoms with Crippen LogP contribution in [0.15, 0.2) is 24.3 Å². The molecule has 3 rings (SSSR count). The van der Waals surface area contributed by atoms with Gasteiger partial charge in [0.15, 0.2) is 0 Å². The summed E-state index contributed by atoms with van der Waals surface area (Å²) in [4.78, 5) is 17.0. The molecule has 1 amide bonds. The zero-order valence-electron chi connectivity index (χ0n) is 13.7. The van der Waals surface area contributed by atoms with E-state index < -0.39 is 0 Å². The molecule has 0 aromatic heterocycles. The predicted molar refractivity (Wildman–Crippen MR) is 89.0 cm³/mol. The SMILES string of the molecule is Cc1cccc([C@@H]2C[C@H]2C(=O)NCCN2CCN(C)CC2)c1. The van der Waals surface area contributed by atoms with Crippen LogP contribution < -0.4 is 5.32 Å². The van der Waals surface area contributed by atoms with Gasteiger partial charge in [0, 0.05) is 45.2 Å². The predicted octanol–water partition coefficient (Wildman–Crippen LogP) is 1.46. The second-order valence-corrected chi connectivity index (χ2v) is 6.80. The molecular weight excluding hydrogens is 274 g/mol. The van der Waals surface area contributed by atoms with Gasteiger partial charge in [0.2, 0.25) is 5.91 Å². The summed E-state index contributed by atoms with van der Waals surface area (Å²) in [5.74, 6) is 0.860. The molecular formula is C18H27N3O. The number of aryl methyl sites for hydroxylation is 1. The van der Waals surface area contributed by atoms with Crippen LogP contribution in [0.3, 0.4) is 0 Å². The summed E-state index contributed by atoms with van der Waals surface area (Å²) in [6.45, 7) is 8.35. The van der Waals surface area contributed by atoms with Gasteiger partial charge in [-0.1, -0.05) is 29.8 Å². The van der Waals surface area contributed by atoms with Crippen molar-refractivity contribution < 1.29 is 4.79 Å². The lowest BCUT2D eigenvalue weighted by Gasteiger charge is -2.32. The van der Waals surface area contributed by atoms with Crippen molar-refractivity contribution in [1.29, 1.82) is 0 Å². The summed E-state index contributed by atoms with van der Waals surface area (Å²) in [5, 5.41) is 3.12. The maximum absolute atomic E-state index is 12.2. The van der Waals surface area contributed by atoms with Gasteiger partial charge >= 0.3 is 0 Å². The second-order valence-electron chi connectivity index (χ2n) is 6.80. The van der Waals surface area contributed by atoms with E-state index in [0.29, 0.717) is 5.92 Å². The number of amides is 1. The average molecular weight is 301 g/mol. The van der Waals surface area contributed by atoms with Gasteiger partial charge in [0.05, 0.1) is 0 Å². The molecule has 2 fully saturated rings. The van der Waals surface area contributed by atoms with Gasteiger partial charge in [-0.15, -0.1) is 0 Å². The molecule has 1 aromatic carbocycles. The van der Waals surface area contributed by atoms with Crippen LogP contribution in [0.5, 0.6) is 0 Å². The van der Waals surface area contributed by atoms with Crippen LogP contribution in [0.25, 0.3) is 0 Å². The summed E-state index contributed by atoms with van der Waals surface area (Å²) < 4.78 is 0. The van der Waals surface area contributed by atoms with Crippen molar-refractivity contribution >= 4 is 5.91 Å². The zero-order chi connectivity index (χ0) is 15.5. The van der Waals surface area contributed by atoms with Crippen LogP contribution in [-0.4, -0.2) is 62.0 Å². The first kappa shape index (κ1) is 15.5. The highest BCUT2D eigenvalue weighted by atomic mass is 16.2. The van der Waals surface area contributed by atoms with Crippen LogP contribution >= 0.6 is 0 Å². The monoisotopic (exact) mass is 301 g/mol. The lowest BCUT2D eigenvalue weighted by Crippen LogP contribution is -2.47. The number of piperazine rings is 1. The van der Waals surface area contributed by atoms with E-state index in [9.17, 15) is 4.79 Å². The molecule has 2 aliphatic rings. The number of nitrogens with one attached hydrogen (secondary N) is 1. The molecule has 2 atom stereocenters. The van der Waals surface area contributed by atoms with Crippen LogP contribution in [-0.2, 0) is 4.79 Å². The highest BCUT2D eigenvalue weighted by Gasteiger charge is 2.43. The Morgan fingerprint density at radius 3 is 2.77 bits per heavy atom. The minimum Gasteiger partial charge on any atom is -0.355 e. The zero-order valence-corrected chi connectivity index (χ0v) is 13.7. The molecule has 1 heterocycles. The van der Waals surface area contributed by atoms with Crippen LogP contribution in [0.4, 0.5) is 0 Å². The summed E-state index contributed by atoms with van der Waals surface area (Å²) >= 11 is 0. The van der Waals surface area contributed by atoms with Crippen molar-refractivity contribution in [2.45, 2.75) is 19.3 Å². The third-order valence-electron chi connectivity index (χ3n) is 4.92. The maximum Gasteiger partial charge on any atom is 0.223 e. The summed E-state index contributed by atoms with van der Waals surface area (Å²) in [6, 6.07) is 8.56. The first-order valence-electron chi connectivity index (χ1n) is 8.38. The van der Waals surface area contributed by atoms with E-state index in [4.69, 9.17) is 0 Å². The molecule has 0 spiro atoms. The summed E-state index contributed by atoms with van der Waals surface area (Å²) in [6.07, 6.45) is 1.00. The number of likely N-dealkylation sites (N-methyl/N-ethyl adjacent to an activating group) is 1. The van der Waals surface area contributed by atoms with Crippen molar-refractivity contribution in [2.75, 3.05) is 46.3 Å². The fraction of sp³-hybridized carbons (Fsp3) is 0.611. The minimum atomic E-state index is 0.189. The quantitative estimate of drug-likeness (QED) is 0.894. The molecule has 120 valence electrons. The number of benzene rings is 1. The van der Waals surface area contributed by atoms with Crippen molar-refractivity contribution in [2.24, 2.45) is 5.92 Å². The number of carbonyl (C=O) groups is 1. The van der Waals surface area contributed by atoms with Gasteiger partial charge in [-0.2, -0.15) is 0 Å². The molecule has 1 saturated heterocycles. The number of rotatable bonds is 5. The third kappa shape index (κ3) is 3.87. The van der Waals surface area contributed by atoms with Crippen LogP contribution in [0.1, 0.15) is 23.5 Å². The highest BCUT2D eigenvalue weighted by molar-refractivity contribution is 5.82. The van der Waals surface area contributed by atoms with Crippen molar-refractivity contribution in [3.05, 3.63) is 35.4 Å². The third-order valence-corrected chi connectivity index (χ3v) is 4.92. The first-order valence-corrected chi connectivity index (χ1v) is 8.38. The van der Waals surface area contributed by atoms with Crippen LogP contribution in [0.2, 0.25) is 0 Å². The van der Waals surface area contributed by atoms with Crippen molar-refractivity contribution in [3.63, 3.8) is 0 Å². The Kier molecular flexibility index (Phi) is 4.79. The topological polar surface area (TPSA) is 35.6 Å². The molecule has 1 aliphatic heterocycles. The van der Waals surface area contributed by atoms with E-state index in [2.05, 4.69) is 53.4 Å². The number of carbonyl (C=O) groups excluding carboxylic acids is 1. The standard InChI is InChI=1S/C18H27N3O/c1-14-4-3-5-15(12-14)16-13-17(16)18(22)19-6-7-21-10-8-20(2)9-11-21/h3-5,12,16-17H,6-11,13H2,1-2H3,(H,19,22)/t16-,17+/m0/s1. The molecule has 4 nitrogen and oxygen atoms in total. The van der Waals surface area contributed by atoms with Gasteiger partial charge in [-0.25, -0.2) is 0 Å². The molecule has 4 heteroatoms. The van der Waals surface area contributed by atoms with E-state index in [0.717, 1.165) is 45.7 Å². The molecule has 22 heavy (non-hydrogen) atoms. The number of hydrogen-bond donors (Lipinski definition) is 1. The van der Waals surface area contributed by atoms with E-state index in [1.165, 1.54) is 11.1 Å². The van der Waals surface area contributed by atoms with Gasteiger partial charge in [0.25, 0.3) is 0 Å². The average Bonchev–Trinajstić information content (AvgIpc) is 3.30. The largest absolute Gasteiger partial charge is 0.355 e. The fourth-order valence-electron chi connectivity index (χ4n) is 3.29. The van der Waals surface area contributed by atoms with Gasteiger partial charge < -0.3 is 10.2 Å². The molecule has 0 bridgehead atoms. The fourth-order valence-corrected chi connectivity index (χ4v) is 3.29. The normalized spacial score (nSPS) is 25.9. The molecule has 0 unspecified atom stereocenters. The Balaban J connectivity index is 1.39. The molecule has 1 saturated carbocycles. The van der Waals surface area contributed by atoms with Gasteiger partial charge in [0.1, 0.15) is 0 Å². The Labute approximate surface area is 133 Å². The summed E-state index contributed by atoms with van der Waals surface area (Å²) in [7, 11) is 2.16. The van der Waals surface area contributed by atoms with Crippen molar-refractivity contribution in [3.8, 4) is 0 Å². The second kappa shape index (κ2) is 6.80. The van der Waals surface area contributed by atoms with Gasteiger partial charge in [-0.3, -0.25) is 9.69 Å². The molecule has 1 N–H and O–H groups in total. The van der Waals surface area contributed by atoms with E-state index in [-0.39, 0.29) is 11.8 Å². The molecule has 1 aromatic rings. The lowest BCUT2D eigenvalue weighted by molar-refractivity contribution is -0.122. The Morgan fingerprint density at radius 1 is 1.27 bits per heavy atom. The lowest BCUT2D eigenvalue weighted by atomic mass is 10.1. The minimum absolute atomic E-state index is 0.189. The van der Waals surface area contributed by atoms with E-state index in [1.54, 1.807) is 0 Å². The summed E-state index contributed by atoms with van der Waals surface area (Å²) in [5.41, 5.74) is 2.60. The Hall–Kier alpha value is -1.39. The van der Waals surface area contributed by atoms with E-state index in [1.807, 2.05) is 0 Å². The first-order chi connectivity index (χ1) is 10.6. The van der Waals surface area contributed by atoms with E-state index >= 15 is 0 Å². The number of hydrogen-bond acceptors (Lipinski definition) is 3. The smallest absolute Gasteiger partial charge is 0.223 e. The van der Waals surface area contributed by atoms with Gasteiger partial charge in [-0.05, 0) is 31.9 Å². The van der Waals surface area contributed by atoms with Crippen LogP contribution in [0, 0.1) is 12.8 Å². The Bertz CT molecular complexity index is 523. The number of nitrogens with zero attached hydrogens (tertiary/aromatic N) is 2. The molecule has 0 radical (unpaired) electrons. The molecule has 1 aliphatic carbocycles. The Morgan fingerprint density at radius 2 is 2.05 bits per heavy atom. The maximum atomic E-state index is 12.2. The van der Waals surface area contributed by atoms with Crippen molar-refractivity contribution in [1.82, 2.24) is 15.1 Å².